The maximum absolute atomic E-state index is 14.1. The van der Waals surface area contributed by atoms with Crippen molar-refractivity contribution in [2.24, 2.45) is 28.2 Å². The molecule has 8 rings (SSSR count). The molecule has 2 bridgehead atoms. The van der Waals surface area contributed by atoms with Crippen LogP contribution in [0.2, 0.25) is 10.0 Å². The van der Waals surface area contributed by atoms with Crippen molar-refractivity contribution in [1.82, 2.24) is 25.1 Å². The lowest BCUT2D eigenvalue weighted by Gasteiger charge is -2.62. The highest BCUT2D eigenvalue weighted by Gasteiger charge is 2.56. The average Bonchev–Trinajstić information content (AvgIpc) is 2.99. The number of rotatable bonds is 6. The van der Waals surface area contributed by atoms with Crippen molar-refractivity contribution in [3.63, 3.8) is 0 Å². The van der Waals surface area contributed by atoms with E-state index in [0.717, 1.165) is 17.9 Å². The molecule has 3 saturated carbocycles. The molecule has 2 saturated heterocycles. The van der Waals surface area contributed by atoms with Gasteiger partial charge in [0, 0.05) is 48.3 Å². The van der Waals surface area contributed by atoms with E-state index in [2.05, 4.69) is 36.3 Å². The summed E-state index contributed by atoms with van der Waals surface area (Å²) in [5.41, 5.74) is 2.25. The number of hydrogen-bond acceptors (Lipinski definition) is 6. The first-order valence-corrected chi connectivity index (χ1v) is 17.4. The van der Waals surface area contributed by atoms with Crippen molar-refractivity contribution >= 4 is 57.6 Å². The van der Waals surface area contributed by atoms with Gasteiger partial charge in [-0.2, -0.15) is 0 Å². The van der Waals surface area contributed by atoms with Gasteiger partial charge in [-0.1, -0.05) is 50.0 Å². The number of hydrogen-bond donors (Lipinski definition) is 3. The van der Waals surface area contributed by atoms with Crippen molar-refractivity contribution in [2.75, 3.05) is 31.1 Å². The molecular weight excluding hydrogens is 637 g/mol. The van der Waals surface area contributed by atoms with Crippen molar-refractivity contribution in [3.8, 4) is 0 Å². The van der Waals surface area contributed by atoms with Crippen molar-refractivity contribution in [3.05, 3.63) is 62.4 Å². The Hall–Kier alpha value is -3.34. The highest BCUT2D eigenvalue weighted by molar-refractivity contribution is 6.35. The van der Waals surface area contributed by atoms with Crippen LogP contribution < -0.4 is 21.1 Å². The first-order chi connectivity index (χ1) is 22.4. The number of guanidine groups is 1. The molecule has 0 unspecified atom stereocenters. The summed E-state index contributed by atoms with van der Waals surface area (Å²) < 4.78 is 1.65. The van der Waals surface area contributed by atoms with Crippen molar-refractivity contribution in [1.29, 1.82) is 0 Å². The molecule has 5 fully saturated rings. The molecule has 250 valence electrons. The summed E-state index contributed by atoms with van der Waals surface area (Å²) in [5.74, 6) is 2.97. The summed E-state index contributed by atoms with van der Waals surface area (Å²) in [6, 6.07) is 11.0. The van der Waals surface area contributed by atoms with Crippen LogP contribution in [0, 0.1) is 23.2 Å². The molecule has 3 aliphatic carbocycles. The fourth-order valence-electron chi connectivity index (χ4n) is 8.20. The van der Waals surface area contributed by atoms with Gasteiger partial charge >= 0.3 is 0 Å². The molecule has 3 N–H and O–H groups in total. The molecule has 12 heteroatoms. The Morgan fingerprint density at radius 2 is 1.89 bits per heavy atom. The van der Waals surface area contributed by atoms with Gasteiger partial charge in [-0.05, 0) is 85.3 Å². The molecule has 2 aliphatic heterocycles. The number of piperazine rings is 1. The lowest BCUT2D eigenvalue weighted by molar-refractivity contribution is -0.121. The van der Waals surface area contributed by atoms with E-state index < -0.39 is 0 Å². The lowest BCUT2D eigenvalue weighted by Crippen LogP contribution is -2.64. The van der Waals surface area contributed by atoms with Crippen LogP contribution in [0.4, 0.5) is 11.6 Å². The summed E-state index contributed by atoms with van der Waals surface area (Å²) in [4.78, 5) is 40.7. The van der Waals surface area contributed by atoms with Crippen LogP contribution in [0.15, 0.2) is 46.2 Å². The number of aliphatic hydroxyl groups is 1. The monoisotopic (exact) mass is 679 g/mol. The summed E-state index contributed by atoms with van der Waals surface area (Å²) >= 11 is 12.6. The minimum atomic E-state index is -0.371. The largest absolute Gasteiger partial charge is 0.389 e. The summed E-state index contributed by atoms with van der Waals surface area (Å²) in [5, 5.41) is 18.4. The Morgan fingerprint density at radius 1 is 1.11 bits per heavy atom. The summed E-state index contributed by atoms with van der Waals surface area (Å²) in [6.45, 7) is 11.1. The summed E-state index contributed by atoms with van der Waals surface area (Å²) in [7, 11) is 0. The Balaban J connectivity index is 1.23. The van der Waals surface area contributed by atoms with Gasteiger partial charge in [0.1, 0.15) is 0 Å². The van der Waals surface area contributed by atoms with Gasteiger partial charge in [-0.3, -0.25) is 14.2 Å². The number of carbonyl (C=O) groups is 1. The third kappa shape index (κ3) is 6.08. The average molecular weight is 681 g/mol. The molecule has 3 aromatic rings. The third-order valence-corrected chi connectivity index (χ3v) is 11.7. The van der Waals surface area contributed by atoms with E-state index in [1.54, 1.807) is 22.8 Å². The number of benzene rings is 2. The standard InChI is InChI=1S/C35H43Cl2N7O3/c1-19-15-43(18-31(46)38-19)34-41-30-14-24(7-8-26(30)32(47)44(34)10-9-21-5-6-23(36)13-28(21)37)39-33(42-16-25(45)17-42)40-29-12-22-11-27(20(29)2)35(22,3)4/h5-8,13-14,19-20,22,25,27,29,45H,9-12,15-18H2,1-4H3,(H,38,46)(H,39,40)/t19-,20+,22-,27-,29-/m0/s1. The van der Waals surface area contributed by atoms with Gasteiger partial charge in [-0.25, -0.2) is 9.98 Å². The SMILES string of the molecule is C[C@H]1[C@@H](NC(=Nc2ccc3c(=O)n(CCc4ccc(Cl)cc4Cl)c(N4CC(=O)N[C@@H](C)C4)nc3c2)N2CC(O)C2)C[C@@H]2C[C@@H]1C2(C)C. The Bertz CT molecular complexity index is 1800. The van der Waals surface area contributed by atoms with Crippen molar-refractivity contribution in [2.45, 2.75) is 71.7 Å². The van der Waals surface area contributed by atoms with Gasteiger partial charge in [0.25, 0.3) is 5.56 Å². The maximum Gasteiger partial charge on any atom is 0.262 e. The second kappa shape index (κ2) is 12.3. The van der Waals surface area contributed by atoms with Crippen molar-refractivity contribution < 1.29 is 9.90 Å². The first-order valence-electron chi connectivity index (χ1n) is 16.7. The molecule has 47 heavy (non-hydrogen) atoms. The number of nitrogens with zero attached hydrogens (tertiary/aromatic N) is 5. The number of likely N-dealkylation sites (tertiary alicyclic amines) is 1. The Labute approximate surface area is 285 Å². The number of carbonyl (C=O) groups excluding carboxylic acids is 1. The van der Waals surface area contributed by atoms with Crippen LogP contribution in [0.3, 0.4) is 0 Å². The number of nitrogens with one attached hydrogen (secondary N) is 2. The number of aliphatic imine (C=N–C) groups is 1. The first kappa shape index (κ1) is 32.2. The molecule has 0 spiro atoms. The smallest absolute Gasteiger partial charge is 0.262 e. The number of fused-ring (bicyclic) bond motifs is 3. The number of anilines is 1. The fraction of sp³-hybridized carbons (Fsp3) is 0.543. The summed E-state index contributed by atoms with van der Waals surface area (Å²) in [6.07, 6.45) is 2.51. The van der Waals surface area contributed by atoms with E-state index in [0.29, 0.717) is 94.4 Å². The normalized spacial score (nSPS) is 27.3. The topological polar surface area (TPSA) is 115 Å². The van der Waals surface area contributed by atoms with Crippen LogP contribution >= 0.6 is 23.2 Å². The van der Waals surface area contributed by atoms with Gasteiger partial charge in [-0.15, -0.1) is 0 Å². The second-order valence-corrected chi connectivity index (χ2v) is 15.4. The highest BCUT2D eigenvalue weighted by atomic mass is 35.5. The maximum atomic E-state index is 14.1. The number of β-amino-alcohol motifs (C(OH)–C–C–N with tert-alkyl or cyclic N) is 1. The molecule has 5 atom stereocenters. The molecule has 1 aromatic heterocycles. The lowest BCUT2D eigenvalue weighted by atomic mass is 9.45. The molecule has 3 heterocycles. The molecular formula is C35H43Cl2N7O3. The Morgan fingerprint density at radius 3 is 2.57 bits per heavy atom. The van der Waals surface area contributed by atoms with E-state index in [9.17, 15) is 14.7 Å². The molecule has 0 radical (unpaired) electrons. The number of aryl methyl sites for hydroxylation is 1. The van der Waals surface area contributed by atoms with E-state index in [4.69, 9.17) is 33.2 Å². The third-order valence-electron chi connectivity index (χ3n) is 11.1. The van der Waals surface area contributed by atoms with Gasteiger partial charge in [0.05, 0.1) is 29.2 Å². The minimum Gasteiger partial charge on any atom is -0.389 e. The quantitative estimate of drug-likeness (QED) is 0.258. The van der Waals surface area contributed by atoms with E-state index in [-0.39, 0.29) is 30.2 Å². The second-order valence-electron chi connectivity index (χ2n) is 14.6. The Kier molecular flexibility index (Phi) is 8.42. The highest BCUT2D eigenvalue weighted by Crippen LogP contribution is 2.61. The number of amides is 1. The van der Waals surface area contributed by atoms with Gasteiger partial charge in [0.15, 0.2) is 5.96 Å². The molecule has 10 nitrogen and oxygen atoms in total. The van der Waals surface area contributed by atoms with Crippen LogP contribution in [0.5, 0.6) is 0 Å². The van der Waals surface area contributed by atoms with Gasteiger partial charge < -0.3 is 25.5 Å². The number of halogens is 2. The molecule has 2 aromatic carbocycles. The zero-order valence-electron chi connectivity index (χ0n) is 27.3. The zero-order chi connectivity index (χ0) is 33.2. The van der Waals surface area contributed by atoms with E-state index in [1.807, 2.05) is 30.0 Å². The van der Waals surface area contributed by atoms with Crippen LogP contribution in [0.1, 0.15) is 46.1 Å². The predicted molar refractivity (Wildman–Crippen MR) is 187 cm³/mol. The van der Waals surface area contributed by atoms with Gasteiger partial charge in [0.2, 0.25) is 11.9 Å². The molecule has 5 aliphatic rings. The number of aliphatic hydroxyl groups excluding tert-OH is 1. The zero-order valence-corrected chi connectivity index (χ0v) is 28.9. The number of aromatic nitrogens is 2. The molecule has 1 amide bonds. The van der Waals surface area contributed by atoms with E-state index in [1.165, 1.54) is 6.42 Å². The van der Waals surface area contributed by atoms with E-state index >= 15 is 0 Å². The predicted octanol–water partition coefficient (Wildman–Crippen LogP) is 4.60. The fourth-order valence-corrected chi connectivity index (χ4v) is 8.71. The minimum absolute atomic E-state index is 0.0988. The van der Waals surface area contributed by atoms with Crippen LogP contribution in [-0.2, 0) is 17.8 Å². The van der Waals surface area contributed by atoms with Crippen LogP contribution in [-0.4, -0.2) is 75.8 Å². The van der Waals surface area contributed by atoms with Crippen LogP contribution in [0.25, 0.3) is 10.9 Å².